The number of rotatable bonds is 3. The maximum Gasteiger partial charge on any atom is 0.407 e. The van der Waals surface area contributed by atoms with Crippen LogP contribution in [0.15, 0.2) is 30.3 Å². The monoisotopic (exact) mass is 293 g/mol. The van der Waals surface area contributed by atoms with Crippen molar-refractivity contribution in [2.75, 3.05) is 0 Å². The van der Waals surface area contributed by atoms with Gasteiger partial charge in [0, 0.05) is 6.04 Å². The normalized spacial score (nSPS) is 20.9. The van der Waals surface area contributed by atoms with Crippen LogP contribution in [-0.4, -0.2) is 23.3 Å². The number of aliphatic hydroxyl groups is 1. The Labute approximate surface area is 127 Å². The van der Waals surface area contributed by atoms with Gasteiger partial charge in [0.15, 0.2) is 0 Å². The molecule has 1 aromatic carbocycles. The van der Waals surface area contributed by atoms with Gasteiger partial charge < -0.3 is 15.2 Å². The number of amides is 1. The lowest BCUT2D eigenvalue weighted by molar-refractivity contribution is 0.104. The SMILES string of the molecule is CCC.O=C(NC1CCC(O)CC1)OCc1ccccc1. The highest BCUT2D eigenvalue weighted by Gasteiger charge is 2.21. The summed E-state index contributed by atoms with van der Waals surface area (Å²) >= 11 is 0. The zero-order valence-electron chi connectivity index (χ0n) is 13.0. The third-order valence-electron chi connectivity index (χ3n) is 3.23. The minimum atomic E-state index is -0.375. The molecule has 1 amide bonds. The largest absolute Gasteiger partial charge is 0.445 e. The second kappa shape index (κ2) is 10.2. The fourth-order valence-corrected chi connectivity index (χ4v) is 2.15. The highest BCUT2D eigenvalue weighted by molar-refractivity contribution is 5.67. The van der Waals surface area contributed by atoms with Crippen molar-refractivity contribution in [3.63, 3.8) is 0 Å². The van der Waals surface area contributed by atoms with Crippen LogP contribution in [-0.2, 0) is 11.3 Å². The van der Waals surface area contributed by atoms with E-state index in [2.05, 4.69) is 19.2 Å². The van der Waals surface area contributed by atoms with Gasteiger partial charge in [-0.2, -0.15) is 0 Å². The predicted molar refractivity (Wildman–Crippen MR) is 84.0 cm³/mol. The van der Waals surface area contributed by atoms with Gasteiger partial charge in [0.2, 0.25) is 0 Å². The first-order valence-corrected chi connectivity index (χ1v) is 7.81. The lowest BCUT2D eigenvalue weighted by atomic mass is 9.93. The first kappa shape index (κ1) is 17.5. The van der Waals surface area contributed by atoms with E-state index in [9.17, 15) is 9.90 Å². The van der Waals surface area contributed by atoms with E-state index >= 15 is 0 Å². The van der Waals surface area contributed by atoms with Gasteiger partial charge in [-0.05, 0) is 31.2 Å². The summed E-state index contributed by atoms with van der Waals surface area (Å²) in [5, 5.41) is 12.2. The van der Waals surface area contributed by atoms with E-state index < -0.39 is 0 Å². The topological polar surface area (TPSA) is 58.6 Å². The molecular formula is C17H27NO3. The van der Waals surface area contributed by atoms with Crippen LogP contribution in [0.2, 0.25) is 0 Å². The summed E-state index contributed by atoms with van der Waals surface area (Å²) in [4.78, 5) is 11.6. The molecule has 1 fully saturated rings. The summed E-state index contributed by atoms with van der Waals surface area (Å²) in [5.74, 6) is 0. The number of benzene rings is 1. The Morgan fingerprint density at radius 1 is 1.19 bits per heavy atom. The van der Waals surface area contributed by atoms with E-state index in [1.54, 1.807) is 0 Å². The second-order valence-electron chi connectivity index (χ2n) is 5.42. The molecule has 1 saturated carbocycles. The van der Waals surface area contributed by atoms with Crippen LogP contribution in [0.25, 0.3) is 0 Å². The van der Waals surface area contributed by atoms with Gasteiger partial charge in [0.25, 0.3) is 0 Å². The number of hydrogen-bond donors (Lipinski definition) is 2. The molecule has 0 aliphatic heterocycles. The number of nitrogens with one attached hydrogen (secondary N) is 1. The number of hydrogen-bond acceptors (Lipinski definition) is 3. The molecule has 0 saturated heterocycles. The quantitative estimate of drug-likeness (QED) is 0.894. The number of alkyl carbamates (subject to hydrolysis) is 1. The van der Waals surface area contributed by atoms with Gasteiger partial charge in [0.1, 0.15) is 6.61 Å². The fourth-order valence-electron chi connectivity index (χ4n) is 2.15. The van der Waals surface area contributed by atoms with Crippen molar-refractivity contribution in [2.24, 2.45) is 0 Å². The molecule has 1 aliphatic rings. The highest BCUT2D eigenvalue weighted by Crippen LogP contribution is 2.18. The number of aliphatic hydroxyl groups excluding tert-OH is 1. The van der Waals surface area contributed by atoms with Gasteiger partial charge in [-0.15, -0.1) is 0 Å². The Morgan fingerprint density at radius 3 is 2.33 bits per heavy atom. The lowest BCUT2D eigenvalue weighted by Gasteiger charge is -2.25. The molecule has 0 aromatic heterocycles. The Bertz CT molecular complexity index is 386. The first-order valence-electron chi connectivity index (χ1n) is 7.81. The Hall–Kier alpha value is -1.55. The van der Waals surface area contributed by atoms with Crippen molar-refractivity contribution in [1.82, 2.24) is 5.32 Å². The smallest absolute Gasteiger partial charge is 0.407 e. The Kier molecular flexibility index (Phi) is 8.51. The molecule has 4 nitrogen and oxygen atoms in total. The van der Waals surface area contributed by atoms with E-state index in [1.807, 2.05) is 30.3 Å². The average molecular weight is 293 g/mol. The molecule has 0 heterocycles. The van der Waals surface area contributed by atoms with Crippen LogP contribution >= 0.6 is 0 Å². The van der Waals surface area contributed by atoms with Crippen LogP contribution in [0.5, 0.6) is 0 Å². The van der Waals surface area contributed by atoms with E-state index in [0.29, 0.717) is 6.61 Å². The lowest BCUT2D eigenvalue weighted by Crippen LogP contribution is -2.38. The maximum atomic E-state index is 11.6. The van der Waals surface area contributed by atoms with Crippen LogP contribution in [0, 0.1) is 0 Å². The van der Waals surface area contributed by atoms with E-state index in [-0.39, 0.29) is 18.2 Å². The summed E-state index contributed by atoms with van der Waals surface area (Å²) < 4.78 is 5.15. The van der Waals surface area contributed by atoms with E-state index in [1.165, 1.54) is 6.42 Å². The van der Waals surface area contributed by atoms with E-state index in [0.717, 1.165) is 31.2 Å². The average Bonchev–Trinajstić information content (AvgIpc) is 2.49. The maximum absolute atomic E-state index is 11.6. The molecule has 21 heavy (non-hydrogen) atoms. The summed E-state index contributed by atoms with van der Waals surface area (Å²) in [6.45, 7) is 4.54. The van der Waals surface area contributed by atoms with Crippen LogP contribution in [0.3, 0.4) is 0 Å². The Balaban J connectivity index is 0.000000677. The molecule has 1 aromatic rings. The second-order valence-corrected chi connectivity index (χ2v) is 5.42. The third-order valence-corrected chi connectivity index (χ3v) is 3.23. The molecule has 1 aliphatic carbocycles. The molecule has 0 bridgehead atoms. The van der Waals surface area contributed by atoms with Crippen LogP contribution < -0.4 is 5.32 Å². The van der Waals surface area contributed by atoms with Crippen LogP contribution in [0.4, 0.5) is 4.79 Å². The molecule has 2 rings (SSSR count). The zero-order chi connectivity index (χ0) is 15.5. The number of ether oxygens (including phenoxy) is 1. The van der Waals surface area contributed by atoms with Crippen molar-refractivity contribution < 1.29 is 14.6 Å². The molecule has 118 valence electrons. The summed E-state index contributed by atoms with van der Waals surface area (Å²) in [6, 6.07) is 9.74. The predicted octanol–water partition coefficient (Wildman–Crippen LogP) is 3.63. The minimum absolute atomic E-state index is 0.136. The molecular weight excluding hydrogens is 266 g/mol. The highest BCUT2D eigenvalue weighted by atomic mass is 16.5. The molecule has 0 atom stereocenters. The summed E-state index contributed by atoms with van der Waals surface area (Å²) in [7, 11) is 0. The Morgan fingerprint density at radius 2 is 1.76 bits per heavy atom. The summed E-state index contributed by atoms with van der Waals surface area (Å²) in [6.07, 6.45) is 3.82. The minimum Gasteiger partial charge on any atom is -0.445 e. The van der Waals surface area contributed by atoms with Crippen LogP contribution in [0.1, 0.15) is 51.5 Å². The van der Waals surface area contributed by atoms with Gasteiger partial charge in [-0.3, -0.25) is 0 Å². The number of carbonyl (C=O) groups excluding carboxylic acids is 1. The van der Waals surface area contributed by atoms with Crippen molar-refractivity contribution in [2.45, 2.75) is 64.7 Å². The van der Waals surface area contributed by atoms with E-state index in [4.69, 9.17) is 4.74 Å². The zero-order valence-corrected chi connectivity index (χ0v) is 13.0. The van der Waals surface area contributed by atoms with Gasteiger partial charge in [0.05, 0.1) is 6.10 Å². The third kappa shape index (κ3) is 7.71. The fraction of sp³-hybridized carbons (Fsp3) is 0.588. The molecule has 0 radical (unpaired) electrons. The van der Waals surface area contributed by atoms with Crippen molar-refractivity contribution in [3.8, 4) is 0 Å². The van der Waals surface area contributed by atoms with Crippen molar-refractivity contribution >= 4 is 6.09 Å². The van der Waals surface area contributed by atoms with Crippen molar-refractivity contribution in [3.05, 3.63) is 35.9 Å². The van der Waals surface area contributed by atoms with Crippen molar-refractivity contribution in [1.29, 1.82) is 0 Å². The summed E-state index contributed by atoms with van der Waals surface area (Å²) in [5.41, 5.74) is 0.978. The number of carbonyl (C=O) groups is 1. The molecule has 0 spiro atoms. The van der Waals surface area contributed by atoms with Gasteiger partial charge in [-0.1, -0.05) is 50.6 Å². The first-order chi connectivity index (χ1) is 10.2. The van der Waals surface area contributed by atoms with Gasteiger partial charge in [-0.25, -0.2) is 4.79 Å². The molecule has 4 heteroatoms. The molecule has 2 N–H and O–H groups in total. The standard InChI is InChI=1S/C14H19NO3.C3H8/c16-13-8-6-12(7-9-13)15-14(17)18-10-11-4-2-1-3-5-11;1-3-2/h1-5,12-13,16H,6-10H2,(H,15,17);3H2,1-2H3. The molecule has 0 unspecified atom stereocenters. The van der Waals surface area contributed by atoms with Gasteiger partial charge >= 0.3 is 6.09 Å².